The van der Waals surface area contributed by atoms with Gasteiger partial charge in [0.15, 0.2) is 23.2 Å². The molecule has 130 valence electrons. The molecule has 4 N–H and O–H groups in total. The van der Waals surface area contributed by atoms with Crippen molar-refractivity contribution < 1.29 is 24.8 Å². The number of anilines is 1. The highest BCUT2D eigenvalue weighted by Crippen LogP contribution is 2.32. The van der Waals surface area contributed by atoms with Crippen molar-refractivity contribution in [3.8, 4) is 0 Å². The second-order valence-corrected chi connectivity index (χ2v) is 5.98. The fraction of sp³-hybridized carbons (Fsp3) is 0.643. The Morgan fingerprint density at radius 2 is 2.12 bits per heavy atom. The Hall–Kier alpha value is -1.85. The summed E-state index contributed by atoms with van der Waals surface area (Å²) in [5, 5.41) is 32.6. The first-order chi connectivity index (χ1) is 11.7. The molecule has 5 atom stereocenters. The molecule has 0 saturated carbocycles. The van der Waals surface area contributed by atoms with Crippen LogP contribution in [-0.2, 0) is 9.47 Å². The monoisotopic (exact) mass is 337 g/mol. The maximum absolute atomic E-state index is 10.2. The number of fused-ring (bicyclic) bond motifs is 1. The molecule has 0 aromatic carbocycles. The van der Waals surface area contributed by atoms with Gasteiger partial charge in [0.1, 0.15) is 24.6 Å². The van der Waals surface area contributed by atoms with E-state index in [4.69, 9.17) is 9.47 Å². The first-order valence-corrected chi connectivity index (χ1v) is 7.83. The number of hydrogen-bond acceptors (Lipinski definition) is 9. The molecule has 2 fully saturated rings. The molecule has 10 heteroatoms. The fourth-order valence-corrected chi connectivity index (χ4v) is 3.10. The summed E-state index contributed by atoms with van der Waals surface area (Å²) in [5.74, 6) is 0.584. The van der Waals surface area contributed by atoms with Gasteiger partial charge in [-0.3, -0.25) is 4.57 Å². The molecule has 4 rings (SSSR count). The molecule has 0 amide bonds. The summed E-state index contributed by atoms with van der Waals surface area (Å²) < 4.78 is 12.4. The van der Waals surface area contributed by atoms with Gasteiger partial charge in [0.05, 0.1) is 25.6 Å². The number of nitrogens with zero attached hydrogens (tertiary/aromatic N) is 4. The summed E-state index contributed by atoms with van der Waals surface area (Å²) in [4.78, 5) is 12.8. The van der Waals surface area contributed by atoms with Crippen LogP contribution in [0, 0.1) is 0 Å². The number of aliphatic hydroxyl groups excluding tert-OH is 3. The predicted molar refractivity (Wildman–Crippen MR) is 81.2 cm³/mol. The molecule has 24 heavy (non-hydrogen) atoms. The number of aliphatic hydroxyl groups is 3. The van der Waals surface area contributed by atoms with Crippen LogP contribution < -0.4 is 5.32 Å². The number of nitrogens with one attached hydrogen (secondary N) is 1. The van der Waals surface area contributed by atoms with Crippen LogP contribution >= 0.6 is 0 Å². The second-order valence-electron chi connectivity index (χ2n) is 5.98. The number of hydrogen-bond donors (Lipinski definition) is 4. The highest BCUT2D eigenvalue weighted by Gasteiger charge is 2.44. The van der Waals surface area contributed by atoms with Gasteiger partial charge in [0.2, 0.25) is 0 Å². The van der Waals surface area contributed by atoms with Crippen LogP contribution in [0.25, 0.3) is 11.2 Å². The van der Waals surface area contributed by atoms with Crippen molar-refractivity contribution in [3.05, 3.63) is 12.7 Å². The summed E-state index contributed by atoms with van der Waals surface area (Å²) in [5.41, 5.74) is 1.02. The molecule has 2 aromatic rings. The first kappa shape index (κ1) is 15.7. The van der Waals surface area contributed by atoms with Crippen LogP contribution in [0.5, 0.6) is 0 Å². The van der Waals surface area contributed by atoms with Crippen molar-refractivity contribution in [2.24, 2.45) is 0 Å². The van der Waals surface area contributed by atoms with E-state index in [9.17, 15) is 15.3 Å². The topological polar surface area (TPSA) is 135 Å². The summed E-state index contributed by atoms with van der Waals surface area (Å²) in [6, 6.07) is 0.169. The van der Waals surface area contributed by atoms with E-state index in [-0.39, 0.29) is 12.6 Å². The lowest BCUT2D eigenvalue weighted by Crippen LogP contribution is -2.33. The molecule has 0 aliphatic carbocycles. The third-order valence-corrected chi connectivity index (χ3v) is 4.42. The Bertz CT molecular complexity index is 719. The summed E-state index contributed by atoms with van der Waals surface area (Å²) >= 11 is 0. The molecule has 2 aromatic heterocycles. The fourth-order valence-electron chi connectivity index (χ4n) is 3.10. The third-order valence-electron chi connectivity index (χ3n) is 4.42. The molecule has 0 radical (unpaired) electrons. The quantitative estimate of drug-likeness (QED) is 0.533. The molecular weight excluding hydrogens is 318 g/mol. The largest absolute Gasteiger partial charge is 0.394 e. The maximum Gasteiger partial charge on any atom is 0.167 e. The zero-order valence-electron chi connectivity index (χ0n) is 12.8. The van der Waals surface area contributed by atoms with Gasteiger partial charge in [-0.25, -0.2) is 15.0 Å². The van der Waals surface area contributed by atoms with Crippen LogP contribution in [0.1, 0.15) is 12.6 Å². The minimum absolute atomic E-state index is 0.169. The summed E-state index contributed by atoms with van der Waals surface area (Å²) in [6.07, 6.45) is -0.310. The highest BCUT2D eigenvalue weighted by atomic mass is 16.6. The zero-order chi connectivity index (χ0) is 16.7. The average Bonchev–Trinajstić information content (AvgIpc) is 3.30. The van der Waals surface area contributed by atoms with Crippen molar-refractivity contribution in [3.63, 3.8) is 0 Å². The van der Waals surface area contributed by atoms with E-state index >= 15 is 0 Å². The number of aromatic nitrogens is 4. The van der Waals surface area contributed by atoms with Crippen molar-refractivity contribution in [1.82, 2.24) is 19.5 Å². The molecule has 2 aliphatic heterocycles. The molecule has 0 spiro atoms. The molecule has 1 unspecified atom stereocenters. The number of rotatable bonds is 4. The third kappa shape index (κ3) is 2.52. The maximum atomic E-state index is 10.2. The smallest absolute Gasteiger partial charge is 0.167 e. The normalized spacial score (nSPS) is 33.4. The van der Waals surface area contributed by atoms with Crippen LogP contribution in [0.2, 0.25) is 0 Å². The van der Waals surface area contributed by atoms with Crippen LogP contribution in [0.4, 0.5) is 5.82 Å². The van der Waals surface area contributed by atoms with Crippen LogP contribution in [0.15, 0.2) is 12.7 Å². The minimum Gasteiger partial charge on any atom is -0.394 e. The predicted octanol–water partition coefficient (Wildman–Crippen LogP) is -1.36. The van der Waals surface area contributed by atoms with Crippen LogP contribution in [0.3, 0.4) is 0 Å². The van der Waals surface area contributed by atoms with Gasteiger partial charge < -0.3 is 30.1 Å². The van der Waals surface area contributed by atoms with Gasteiger partial charge >= 0.3 is 0 Å². The summed E-state index contributed by atoms with van der Waals surface area (Å²) in [6.45, 7) is 0.939. The van der Waals surface area contributed by atoms with Gasteiger partial charge in [-0.05, 0) is 6.42 Å². The molecule has 2 saturated heterocycles. The van der Waals surface area contributed by atoms with E-state index in [0.717, 1.165) is 6.42 Å². The van der Waals surface area contributed by atoms with Crippen molar-refractivity contribution in [2.45, 2.75) is 37.0 Å². The van der Waals surface area contributed by atoms with Gasteiger partial charge in [0.25, 0.3) is 0 Å². The van der Waals surface area contributed by atoms with Gasteiger partial charge in [-0.15, -0.1) is 0 Å². The molecule has 2 aliphatic rings. The van der Waals surface area contributed by atoms with E-state index in [1.807, 2.05) is 0 Å². The Morgan fingerprint density at radius 3 is 2.83 bits per heavy atom. The Labute approximate surface area is 137 Å². The van der Waals surface area contributed by atoms with Crippen molar-refractivity contribution in [2.75, 3.05) is 25.1 Å². The Kier molecular flexibility index (Phi) is 4.06. The minimum atomic E-state index is -1.19. The lowest BCUT2D eigenvalue weighted by Gasteiger charge is -2.16. The zero-order valence-corrected chi connectivity index (χ0v) is 12.8. The number of ether oxygens (including phenoxy) is 2. The van der Waals surface area contributed by atoms with Gasteiger partial charge in [-0.2, -0.15) is 0 Å². The van der Waals surface area contributed by atoms with Gasteiger partial charge in [-0.1, -0.05) is 0 Å². The molecular formula is C14H19N5O5. The standard InChI is InChI=1S/C14H19N5O5/c20-3-8-10(21)11(22)14(24-8)19-6-17-9-12(15-5-16-13(9)19)18-7-1-2-23-4-7/h5-8,10-11,14,20-22H,1-4H2,(H,15,16,18)/t7?,8-,10-,11-,14-/m1/s1. The SMILES string of the molecule is OC[C@H]1O[C@@H](n2cnc3c(NC4CCOC4)ncnc32)[C@H](O)[C@@H]1O. The van der Waals surface area contributed by atoms with Gasteiger partial charge in [0, 0.05) is 6.61 Å². The molecule has 4 heterocycles. The van der Waals surface area contributed by atoms with Crippen molar-refractivity contribution >= 4 is 17.0 Å². The highest BCUT2D eigenvalue weighted by molar-refractivity contribution is 5.82. The van der Waals surface area contributed by atoms with E-state index in [1.165, 1.54) is 17.2 Å². The average molecular weight is 337 g/mol. The van der Waals surface area contributed by atoms with E-state index < -0.39 is 24.5 Å². The molecule has 10 nitrogen and oxygen atoms in total. The lowest BCUT2D eigenvalue weighted by molar-refractivity contribution is -0.0511. The first-order valence-electron chi connectivity index (χ1n) is 7.83. The van der Waals surface area contributed by atoms with Crippen LogP contribution in [-0.4, -0.2) is 79.0 Å². The lowest BCUT2D eigenvalue weighted by atomic mass is 10.1. The van der Waals surface area contributed by atoms with E-state index in [0.29, 0.717) is 30.2 Å². The van der Waals surface area contributed by atoms with Crippen molar-refractivity contribution in [1.29, 1.82) is 0 Å². The Morgan fingerprint density at radius 1 is 1.25 bits per heavy atom. The molecule has 0 bridgehead atoms. The van der Waals surface area contributed by atoms with E-state index in [2.05, 4.69) is 20.3 Å². The second kappa shape index (κ2) is 6.22. The number of imidazole rings is 1. The Balaban J connectivity index is 1.65. The van der Waals surface area contributed by atoms with E-state index in [1.54, 1.807) is 0 Å². The summed E-state index contributed by atoms with van der Waals surface area (Å²) in [7, 11) is 0.